The second-order valence-corrected chi connectivity index (χ2v) is 4.69. The van der Waals surface area contributed by atoms with Crippen LogP contribution in [0.2, 0.25) is 0 Å². The zero-order chi connectivity index (χ0) is 14.2. The van der Waals surface area contributed by atoms with Crippen molar-refractivity contribution < 1.29 is 23.5 Å². The number of benzene rings is 1. The average Bonchev–Trinajstić information content (AvgIpc) is 3.12. The first-order valence-electron chi connectivity index (χ1n) is 5.88. The summed E-state index contributed by atoms with van der Waals surface area (Å²) in [5.41, 5.74) is 0.557. The van der Waals surface area contributed by atoms with E-state index in [-0.39, 0.29) is 17.7 Å². The zero-order valence-electron chi connectivity index (χ0n) is 10.2. The second kappa shape index (κ2) is 4.95. The van der Waals surface area contributed by atoms with Crippen LogP contribution in [0.4, 0.5) is 8.78 Å². The molecule has 4 nitrogen and oxygen atoms in total. The van der Waals surface area contributed by atoms with Crippen molar-refractivity contribution in [1.82, 2.24) is 5.32 Å². The molecule has 2 N–H and O–H groups in total. The fourth-order valence-corrected chi connectivity index (χ4v) is 1.98. The number of carboxylic acids is 1. The standard InChI is InChI=1S/C13H13F2NO3/c1-6(13(18)19)16-12(17)9-5-8(9)7-2-3-10(14)11(15)4-7/h2-4,6,8-9H,5H2,1H3,(H,16,17)(H,18,19). The third-order valence-corrected chi connectivity index (χ3v) is 3.23. The minimum absolute atomic E-state index is 0.170. The van der Waals surface area contributed by atoms with Crippen molar-refractivity contribution in [3.63, 3.8) is 0 Å². The Labute approximate surface area is 108 Å². The predicted molar refractivity (Wildman–Crippen MR) is 62.4 cm³/mol. The van der Waals surface area contributed by atoms with E-state index in [1.165, 1.54) is 13.0 Å². The summed E-state index contributed by atoms with van der Waals surface area (Å²) in [4.78, 5) is 22.3. The number of carbonyl (C=O) groups excluding carboxylic acids is 1. The topological polar surface area (TPSA) is 66.4 Å². The van der Waals surface area contributed by atoms with Crippen molar-refractivity contribution in [2.45, 2.75) is 25.3 Å². The number of halogens is 2. The van der Waals surface area contributed by atoms with Crippen LogP contribution in [0, 0.1) is 17.6 Å². The van der Waals surface area contributed by atoms with E-state index in [2.05, 4.69) is 5.32 Å². The summed E-state index contributed by atoms with van der Waals surface area (Å²) in [5.74, 6) is -3.89. The minimum atomic E-state index is -1.11. The molecule has 1 fully saturated rings. The van der Waals surface area contributed by atoms with Crippen molar-refractivity contribution in [1.29, 1.82) is 0 Å². The Morgan fingerprint density at radius 1 is 1.37 bits per heavy atom. The number of hydrogen-bond donors (Lipinski definition) is 2. The number of rotatable bonds is 4. The average molecular weight is 269 g/mol. The summed E-state index contributed by atoms with van der Waals surface area (Å²) in [5, 5.41) is 11.0. The van der Waals surface area contributed by atoms with Gasteiger partial charge in [-0.05, 0) is 37.0 Å². The van der Waals surface area contributed by atoms with Crippen molar-refractivity contribution in [3.05, 3.63) is 35.4 Å². The molecule has 6 heteroatoms. The van der Waals surface area contributed by atoms with Crippen molar-refractivity contribution in [2.75, 3.05) is 0 Å². The molecule has 1 amide bonds. The molecule has 0 aromatic heterocycles. The van der Waals surface area contributed by atoms with Gasteiger partial charge in [0, 0.05) is 5.92 Å². The molecule has 0 aliphatic heterocycles. The van der Waals surface area contributed by atoms with E-state index in [4.69, 9.17) is 5.11 Å². The van der Waals surface area contributed by atoms with Gasteiger partial charge in [-0.3, -0.25) is 9.59 Å². The van der Waals surface area contributed by atoms with Crippen LogP contribution in [0.3, 0.4) is 0 Å². The Kier molecular flexibility index (Phi) is 3.50. The lowest BCUT2D eigenvalue weighted by atomic mass is 10.1. The van der Waals surface area contributed by atoms with E-state index in [1.807, 2.05) is 0 Å². The van der Waals surface area contributed by atoms with Gasteiger partial charge < -0.3 is 10.4 Å². The van der Waals surface area contributed by atoms with Crippen LogP contribution >= 0.6 is 0 Å². The van der Waals surface area contributed by atoms with Gasteiger partial charge in [0.2, 0.25) is 5.91 Å². The molecule has 102 valence electrons. The number of amides is 1. The first-order chi connectivity index (χ1) is 8.90. The molecule has 0 radical (unpaired) electrons. The molecule has 3 unspecified atom stereocenters. The Morgan fingerprint density at radius 2 is 2.05 bits per heavy atom. The molecule has 3 atom stereocenters. The first-order valence-corrected chi connectivity index (χ1v) is 5.88. The van der Waals surface area contributed by atoms with E-state index >= 15 is 0 Å². The van der Waals surface area contributed by atoms with Gasteiger partial charge in [-0.15, -0.1) is 0 Å². The number of aliphatic carboxylic acids is 1. The summed E-state index contributed by atoms with van der Waals surface area (Å²) in [6, 6.07) is 2.58. The van der Waals surface area contributed by atoms with E-state index in [0.29, 0.717) is 12.0 Å². The first kappa shape index (κ1) is 13.5. The monoisotopic (exact) mass is 269 g/mol. The van der Waals surface area contributed by atoms with Crippen LogP contribution in [-0.2, 0) is 9.59 Å². The van der Waals surface area contributed by atoms with Crippen molar-refractivity contribution in [3.8, 4) is 0 Å². The van der Waals surface area contributed by atoms with Gasteiger partial charge in [-0.2, -0.15) is 0 Å². The predicted octanol–water partition coefficient (Wildman–Crippen LogP) is 1.66. The second-order valence-electron chi connectivity index (χ2n) is 4.69. The summed E-state index contributed by atoms with van der Waals surface area (Å²) in [7, 11) is 0. The Balaban J connectivity index is 1.98. The highest BCUT2D eigenvalue weighted by Gasteiger charge is 2.44. The molecule has 1 aliphatic carbocycles. The molecule has 0 heterocycles. The fraction of sp³-hybridized carbons (Fsp3) is 0.385. The molecule has 0 spiro atoms. The molecule has 1 aromatic rings. The molecule has 1 aliphatic rings. The van der Waals surface area contributed by atoms with Gasteiger partial charge in [-0.1, -0.05) is 6.07 Å². The van der Waals surface area contributed by atoms with E-state index in [0.717, 1.165) is 12.1 Å². The highest BCUT2D eigenvalue weighted by Crippen LogP contribution is 2.47. The highest BCUT2D eigenvalue weighted by molar-refractivity contribution is 5.87. The van der Waals surface area contributed by atoms with Gasteiger partial charge in [0.1, 0.15) is 6.04 Å². The van der Waals surface area contributed by atoms with E-state index in [9.17, 15) is 18.4 Å². The smallest absolute Gasteiger partial charge is 0.325 e. The zero-order valence-corrected chi connectivity index (χ0v) is 10.2. The lowest BCUT2D eigenvalue weighted by molar-refractivity contribution is -0.141. The molecule has 1 saturated carbocycles. The van der Waals surface area contributed by atoms with Gasteiger partial charge in [0.15, 0.2) is 11.6 Å². The number of nitrogens with one attached hydrogen (secondary N) is 1. The molecule has 2 rings (SSSR count). The van der Waals surface area contributed by atoms with E-state index < -0.39 is 23.6 Å². The van der Waals surface area contributed by atoms with Crippen LogP contribution in [0.15, 0.2) is 18.2 Å². The Morgan fingerprint density at radius 3 is 2.63 bits per heavy atom. The largest absolute Gasteiger partial charge is 0.480 e. The van der Waals surface area contributed by atoms with Crippen LogP contribution in [0.1, 0.15) is 24.8 Å². The maximum Gasteiger partial charge on any atom is 0.325 e. The Bertz CT molecular complexity index is 533. The lowest BCUT2D eigenvalue weighted by Gasteiger charge is -2.08. The van der Waals surface area contributed by atoms with Crippen LogP contribution in [0.25, 0.3) is 0 Å². The minimum Gasteiger partial charge on any atom is -0.480 e. The number of hydrogen-bond acceptors (Lipinski definition) is 2. The maximum atomic E-state index is 13.1. The molecule has 0 bridgehead atoms. The van der Waals surface area contributed by atoms with Gasteiger partial charge >= 0.3 is 5.97 Å². The van der Waals surface area contributed by atoms with Crippen molar-refractivity contribution in [2.24, 2.45) is 5.92 Å². The summed E-state index contributed by atoms with van der Waals surface area (Å²) in [6.07, 6.45) is 0.517. The quantitative estimate of drug-likeness (QED) is 0.873. The van der Waals surface area contributed by atoms with Crippen LogP contribution in [-0.4, -0.2) is 23.0 Å². The molecular formula is C13H13F2NO3. The highest BCUT2D eigenvalue weighted by atomic mass is 19.2. The third kappa shape index (κ3) is 2.89. The molecular weight excluding hydrogens is 256 g/mol. The molecule has 1 aromatic carbocycles. The van der Waals surface area contributed by atoms with E-state index in [1.54, 1.807) is 0 Å². The van der Waals surface area contributed by atoms with Crippen LogP contribution < -0.4 is 5.32 Å². The Hall–Kier alpha value is -1.98. The normalized spacial score (nSPS) is 22.7. The van der Waals surface area contributed by atoms with Crippen molar-refractivity contribution >= 4 is 11.9 Å². The summed E-state index contributed by atoms with van der Waals surface area (Å²) < 4.78 is 25.8. The molecule has 0 saturated heterocycles. The van der Waals surface area contributed by atoms with Crippen LogP contribution in [0.5, 0.6) is 0 Å². The lowest BCUT2D eigenvalue weighted by Crippen LogP contribution is -2.39. The number of carbonyl (C=O) groups is 2. The summed E-state index contributed by atoms with van der Waals surface area (Å²) >= 11 is 0. The number of carboxylic acid groups (broad SMARTS) is 1. The van der Waals surface area contributed by atoms with Gasteiger partial charge in [0.05, 0.1) is 0 Å². The molecule has 19 heavy (non-hydrogen) atoms. The SMILES string of the molecule is CC(NC(=O)C1CC1c1ccc(F)c(F)c1)C(=O)O. The van der Waals surface area contributed by atoms with Gasteiger partial charge in [0.25, 0.3) is 0 Å². The maximum absolute atomic E-state index is 13.1. The third-order valence-electron chi connectivity index (χ3n) is 3.23. The summed E-state index contributed by atoms with van der Waals surface area (Å²) in [6.45, 7) is 1.37. The van der Waals surface area contributed by atoms with Gasteiger partial charge in [-0.25, -0.2) is 8.78 Å². The fourth-order valence-electron chi connectivity index (χ4n) is 1.98.